The maximum absolute atomic E-state index is 13.1. The van der Waals surface area contributed by atoms with Crippen molar-refractivity contribution < 1.29 is 4.39 Å². The Bertz CT molecular complexity index is 1110. The van der Waals surface area contributed by atoms with Gasteiger partial charge in [-0.1, -0.05) is 29.8 Å². The molecule has 0 aliphatic heterocycles. The van der Waals surface area contributed by atoms with Crippen LogP contribution < -0.4 is 0 Å². The van der Waals surface area contributed by atoms with Gasteiger partial charge in [-0.25, -0.2) is 9.37 Å². The molecule has 128 valence electrons. The molecule has 26 heavy (non-hydrogen) atoms. The van der Waals surface area contributed by atoms with Crippen LogP contribution in [-0.2, 0) is 0 Å². The molecule has 2 aromatic carbocycles. The first-order valence-corrected chi connectivity index (χ1v) is 8.34. The highest BCUT2D eigenvalue weighted by Crippen LogP contribution is 2.34. The topological polar surface area (TPSA) is 42.0 Å². The average molecular weight is 344 g/mol. The fourth-order valence-corrected chi connectivity index (χ4v) is 2.95. The molecule has 0 amide bonds. The van der Waals surface area contributed by atoms with Crippen molar-refractivity contribution in [2.24, 2.45) is 10.2 Å². The van der Waals surface area contributed by atoms with Gasteiger partial charge < -0.3 is 0 Å². The summed E-state index contributed by atoms with van der Waals surface area (Å²) in [4.78, 5) is 4.75. The molecule has 0 unspecified atom stereocenters. The van der Waals surface area contributed by atoms with Gasteiger partial charge in [-0.15, -0.1) is 10.2 Å². The maximum atomic E-state index is 13.1. The third kappa shape index (κ3) is 2.99. The van der Waals surface area contributed by atoms with Crippen LogP contribution in [0.4, 0.5) is 15.9 Å². The number of hydrogen-bond donors (Lipinski definition) is 0. The van der Waals surface area contributed by atoms with E-state index in [2.05, 4.69) is 42.3 Å². The number of aromatic nitrogens is 2. The van der Waals surface area contributed by atoms with Gasteiger partial charge >= 0.3 is 0 Å². The Hall–Kier alpha value is -3.34. The van der Waals surface area contributed by atoms with Crippen LogP contribution in [0, 0.1) is 19.7 Å². The smallest absolute Gasteiger partial charge is 0.187 e. The van der Waals surface area contributed by atoms with E-state index in [4.69, 9.17) is 4.98 Å². The SMILES string of the molecule is Cc1ccc(-c2nc3ccccn3c2N=Nc2ccc(F)cc2)c(C)c1. The molecule has 0 radical (unpaired) electrons. The summed E-state index contributed by atoms with van der Waals surface area (Å²) in [6.07, 6.45) is 1.91. The first kappa shape index (κ1) is 16.1. The molecule has 0 aliphatic carbocycles. The van der Waals surface area contributed by atoms with Crippen molar-refractivity contribution in [3.05, 3.63) is 83.8 Å². The lowest BCUT2D eigenvalue weighted by Gasteiger charge is -2.05. The summed E-state index contributed by atoms with van der Waals surface area (Å²) in [5.74, 6) is 0.353. The standard InChI is InChI=1S/C21H17FN4/c1-14-6-11-18(15(2)13-14)20-21(26-12-4-3-5-19(26)23-20)25-24-17-9-7-16(22)8-10-17/h3-13H,1-2H3. The zero-order valence-electron chi connectivity index (χ0n) is 14.5. The van der Waals surface area contributed by atoms with E-state index in [0.29, 0.717) is 11.5 Å². The lowest BCUT2D eigenvalue weighted by Crippen LogP contribution is -1.86. The number of aryl methyl sites for hydroxylation is 2. The predicted octanol–water partition coefficient (Wildman–Crippen LogP) is 6.17. The molecule has 0 bridgehead atoms. The molecule has 2 heterocycles. The molecule has 0 N–H and O–H groups in total. The summed E-state index contributed by atoms with van der Waals surface area (Å²) in [6.45, 7) is 4.13. The summed E-state index contributed by atoms with van der Waals surface area (Å²) >= 11 is 0. The average Bonchev–Trinajstić information content (AvgIpc) is 2.99. The number of rotatable bonds is 3. The van der Waals surface area contributed by atoms with Gasteiger partial charge in [0.1, 0.15) is 17.2 Å². The second-order valence-electron chi connectivity index (χ2n) is 6.21. The first-order valence-electron chi connectivity index (χ1n) is 8.34. The highest BCUT2D eigenvalue weighted by molar-refractivity contribution is 5.76. The zero-order chi connectivity index (χ0) is 18.1. The Labute approximate surface area is 150 Å². The molecule has 4 nitrogen and oxygen atoms in total. The second kappa shape index (κ2) is 6.52. The Kier molecular flexibility index (Phi) is 4.05. The number of benzene rings is 2. The normalized spacial score (nSPS) is 11.5. The summed E-state index contributed by atoms with van der Waals surface area (Å²) in [5.41, 5.74) is 5.52. The molecule has 2 aromatic heterocycles. The van der Waals surface area contributed by atoms with Crippen LogP contribution in [0.2, 0.25) is 0 Å². The van der Waals surface area contributed by atoms with Gasteiger partial charge in [0, 0.05) is 11.8 Å². The summed E-state index contributed by atoms with van der Waals surface area (Å²) in [5, 5.41) is 8.71. The highest BCUT2D eigenvalue weighted by atomic mass is 19.1. The maximum Gasteiger partial charge on any atom is 0.187 e. The van der Waals surface area contributed by atoms with Crippen molar-refractivity contribution in [2.75, 3.05) is 0 Å². The Balaban J connectivity index is 1.88. The number of imidazole rings is 1. The fourth-order valence-electron chi connectivity index (χ4n) is 2.95. The van der Waals surface area contributed by atoms with Gasteiger partial charge in [-0.3, -0.25) is 4.40 Å². The van der Waals surface area contributed by atoms with Crippen LogP contribution in [0.25, 0.3) is 16.9 Å². The van der Waals surface area contributed by atoms with E-state index in [9.17, 15) is 4.39 Å². The summed E-state index contributed by atoms with van der Waals surface area (Å²) < 4.78 is 15.0. The van der Waals surface area contributed by atoms with E-state index < -0.39 is 0 Å². The number of azo groups is 1. The minimum absolute atomic E-state index is 0.297. The van der Waals surface area contributed by atoms with Crippen LogP contribution >= 0.6 is 0 Å². The predicted molar refractivity (Wildman–Crippen MR) is 101 cm³/mol. The Morgan fingerprint density at radius 2 is 1.73 bits per heavy atom. The Morgan fingerprint density at radius 3 is 2.50 bits per heavy atom. The monoisotopic (exact) mass is 344 g/mol. The molecule has 0 atom stereocenters. The number of nitrogens with zero attached hydrogens (tertiary/aromatic N) is 4. The van der Waals surface area contributed by atoms with Crippen molar-refractivity contribution in [1.82, 2.24) is 9.38 Å². The largest absolute Gasteiger partial charge is 0.283 e. The lowest BCUT2D eigenvalue weighted by molar-refractivity contribution is 0.628. The molecule has 4 rings (SSSR count). The van der Waals surface area contributed by atoms with Crippen molar-refractivity contribution >= 4 is 17.2 Å². The van der Waals surface area contributed by atoms with Gasteiger partial charge in [-0.2, -0.15) is 0 Å². The third-order valence-electron chi connectivity index (χ3n) is 4.23. The molecular formula is C21H17FN4. The van der Waals surface area contributed by atoms with Gasteiger partial charge in [0.05, 0.1) is 5.69 Å². The quantitative estimate of drug-likeness (QED) is 0.410. The minimum Gasteiger partial charge on any atom is -0.283 e. The van der Waals surface area contributed by atoms with Crippen molar-refractivity contribution in [2.45, 2.75) is 13.8 Å². The van der Waals surface area contributed by atoms with Gasteiger partial charge in [0.15, 0.2) is 5.82 Å². The van der Waals surface area contributed by atoms with Gasteiger partial charge in [0.25, 0.3) is 0 Å². The van der Waals surface area contributed by atoms with E-state index in [1.54, 1.807) is 12.1 Å². The zero-order valence-corrected chi connectivity index (χ0v) is 14.5. The fraction of sp³-hybridized carbons (Fsp3) is 0.0952. The van der Waals surface area contributed by atoms with E-state index in [0.717, 1.165) is 22.5 Å². The van der Waals surface area contributed by atoms with Gasteiger partial charge in [0.2, 0.25) is 0 Å². The molecular weight excluding hydrogens is 327 g/mol. The van der Waals surface area contributed by atoms with Crippen LogP contribution in [0.5, 0.6) is 0 Å². The summed E-state index contributed by atoms with van der Waals surface area (Å²) in [6, 6.07) is 18.0. The molecule has 0 saturated carbocycles. The number of hydrogen-bond acceptors (Lipinski definition) is 3. The minimum atomic E-state index is -0.297. The van der Waals surface area contributed by atoms with Crippen molar-refractivity contribution in [3.8, 4) is 11.3 Å². The van der Waals surface area contributed by atoms with E-state index >= 15 is 0 Å². The molecule has 0 saturated heterocycles. The van der Waals surface area contributed by atoms with Crippen LogP contribution in [0.15, 0.2) is 77.1 Å². The van der Waals surface area contributed by atoms with E-state index in [-0.39, 0.29) is 5.82 Å². The van der Waals surface area contributed by atoms with E-state index in [1.165, 1.54) is 17.7 Å². The molecule has 4 aromatic rings. The van der Waals surface area contributed by atoms with Crippen LogP contribution in [-0.4, -0.2) is 9.38 Å². The lowest BCUT2D eigenvalue weighted by atomic mass is 10.0. The van der Waals surface area contributed by atoms with Crippen LogP contribution in [0.1, 0.15) is 11.1 Å². The number of fused-ring (bicyclic) bond motifs is 1. The van der Waals surface area contributed by atoms with E-state index in [1.807, 2.05) is 28.8 Å². The molecule has 0 spiro atoms. The highest BCUT2D eigenvalue weighted by Gasteiger charge is 2.15. The first-order chi connectivity index (χ1) is 12.6. The second-order valence-corrected chi connectivity index (χ2v) is 6.21. The third-order valence-corrected chi connectivity index (χ3v) is 4.23. The van der Waals surface area contributed by atoms with Gasteiger partial charge in [-0.05, 0) is 55.8 Å². The van der Waals surface area contributed by atoms with Crippen LogP contribution in [0.3, 0.4) is 0 Å². The van der Waals surface area contributed by atoms with Crippen molar-refractivity contribution in [1.29, 1.82) is 0 Å². The molecule has 0 aliphatic rings. The Morgan fingerprint density at radius 1 is 0.923 bits per heavy atom. The molecule has 5 heteroatoms. The van der Waals surface area contributed by atoms with Crippen molar-refractivity contribution in [3.63, 3.8) is 0 Å². The number of pyridine rings is 1. The molecule has 0 fully saturated rings. The summed E-state index contributed by atoms with van der Waals surface area (Å²) in [7, 11) is 0. The number of halogens is 1.